The second-order valence-electron chi connectivity index (χ2n) is 5.99. The van der Waals surface area contributed by atoms with E-state index in [9.17, 15) is 4.79 Å². The molecule has 2 rings (SSSR count). The summed E-state index contributed by atoms with van der Waals surface area (Å²) < 4.78 is 5.43. The number of Topliss-reactive ketones (excluding diaryl/α,β-unsaturated/α-hetero) is 1. The minimum Gasteiger partial charge on any atom is -0.496 e. The summed E-state index contributed by atoms with van der Waals surface area (Å²) in [5, 5.41) is 0. The normalized spacial score (nSPS) is 21.8. The fourth-order valence-electron chi connectivity index (χ4n) is 3.38. The van der Waals surface area contributed by atoms with Crippen molar-refractivity contribution in [2.45, 2.75) is 38.8 Å². The van der Waals surface area contributed by atoms with E-state index in [1.807, 2.05) is 18.2 Å². The SMILES string of the molecule is COc1ccc(C(C)=O)cc1CN(C)C1CCCC1CN. The van der Waals surface area contributed by atoms with Crippen LogP contribution in [0.5, 0.6) is 5.75 Å². The molecule has 0 spiro atoms. The van der Waals surface area contributed by atoms with E-state index in [0.29, 0.717) is 12.0 Å². The summed E-state index contributed by atoms with van der Waals surface area (Å²) >= 11 is 0. The molecule has 0 heterocycles. The predicted molar refractivity (Wildman–Crippen MR) is 84.6 cm³/mol. The van der Waals surface area contributed by atoms with Gasteiger partial charge in [0.05, 0.1) is 7.11 Å². The lowest BCUT2D eigenvalue weighted by Crippen LogP contribution is -2.37. The highest BCUT2D eigenvalue weighted by Crippen LogP contribution is 2.31. The van der Waals surface area contributed by atoms with Crippen LogP contribution in [0.15, 0.2) is 18.2 Å². The van der Waals surface area contributed by atoms with Crippen LogP contribution < -0.4 is 10.5 Å². The smallest absolute Gasteiger partial charge is 0.159 e. The molecule has 1 saturated carbocycles. The summed E-state index contributed by atoms with van der Waals surface area (Å²) in [5.74, 6) is 1.51. The molecule has 1 fully saturated rings. The predicted octanol–water partition coefficient (Wildman–Crippen LogP) is 2.46. The topological polar surface area (TPSA) is 55.6 Å². The van der Waals surface area contributed by atoms with Gasteiger partial charge in [0, 0.05) is 23.7 Å². The Bertz CT molecular complexity index is 502. The Hall–Kier alpha value is -1.39. The second-order valence-corrected chi connectivity index (χ2v) is 5.99. The summed E-state index contributed by atoms with van der Waals surface area (Å²) in [7, 11) is 3.81. The largest absolute Gasteiger partial charge is 0.496 e. The highest BCUT2D eigenvalue weighted by atomic mass is 16.5. The van der Waals surface area contributed by atoms with Gasteiger partial charge in [-0.3, -0.25) is 9.69 Å². The first-order valence-electron chi connectivity index (χ1n) is 7.65. The van der Waals surface area contributed by atoms with E-state index in [1.165, 1.54) is 19.3 Å². The van der Waals surface area contributed by atoms with Crippen LogP contribution in [0.25, 0.3) is 0 Å². The van der Waals surface area contributed by atoms with Gasteiger partial charge in [-0.05, 0) is 57.5 Å². The van der Waals surface area contributed by atoms with Crippen molar-refractivity contribution in [3.63, 3.8) is 0 Å². The molecule has 4 nitrogen and oxygen atoms in total. The van der Waals surface area contributed by atoms with Crippen molar-refractivity contribution in [2.75, 3.05) is 20.7 Å². The number of benzene rings is 1. The second kappa shape index (κ2) is 7.05. The maximum Gasteiger partial charge on any atom is 0.159 e. The van der Waals surface area contributed by atoms with Crippen LogP contribution in [0.2, 0.25) is 0 Å². The van der Waals surface area contributed by atoms with Gasteiger partial charge in [-0.2, -0.15) is 0 Å². The molecule has 0 amide bonds. The van der Waals surface area contributed by atoms with E-state index in [1.54, 1.807) is 14.0 Å². The fraction of sp³-hybridized carbons (Fsp3) is 0.588. The molecule has 4 heteroatoms. The van der Waals surface area contributed by atoms with Gasteiger partial charge in [-0.25, -0.2) is 0 Å². The lowest BCUT2D eigenvalue weighted by molar-refractivity contribution is 0.101. The lowest BCUT2D eigenvalue weighted by Gasteiger charge is -2.29. The molecule has 21 heavy (non-hydrogen) atoms. The van der Waals surface area contributed by atoms with Crippen LogP contribution in [0.3, 0.4) is 0 Å². The third-order valence-corrected chi connectivity index (χ3v) is 4.59. The monoisotopic (exact) mass is 290 g/mol. The van der Waals surface area contributed by atoms with E-state index in [2.05, 4.69) is 11.9 Å². The number of carbonyl (C=O) groups excluding carboxylic acids is 1. The number of hydrogen-bond acceptors (Lipinski definition) is 4. The summed E-state index contributed by atoms with van der Waals surface area (Å²) in [4.78, 5) is 13.9. The number of rotatable bonds is 6. The van der Waals surface area contributed by atoms with Crippen LogP contribution in [-0.2, 0) is 6.54 Å². The first kappa shape index (κ1) is 16.0. The summed E-state index contributed by atoms with van der Waals surface area (Å²) in [5.41, 5.74) is 7.68. The van der Waals surface area contributed by atoms with Crippen LogP contribution in [0, 0.1) is 5.92 Å². The number of nitrogens with two attached hydrogens (primary N) is 1. The Morgan fingerprint density at radius 1 is 1.43 bits per heavy atom. The van der Waals surface area contributed by atoms with Gasteiger partial charge in [0.15, 0.2) is 5.78 Å². The molecule has 0 bridgehead atoms. The van der Waals surface area contributed by atoms with Crippen LogP contribution in [0.1, 0.15) is 42.1 Å². The Morgan fingerprint density at radius 3 is 2.81 bits per heavy atom. The van der Waals surface area contributed by atoms with Crippen molar-refractivity contribution in [1.82, 2.24) is 4.90 Å². The van der Waals surface area contributed by atoms with Crippen LogP contribution in [0.4, 0.5) is 0 Å². The van der Waals surface area contributed by atoms with Gasteiger partial charge < -0.3 is 10.5 Å². The molecular weight excluding hydrogens is 264 g/mol. The van der Waals surface area contributed by atoms with Crippen LogP contribution >= 0.6 is 0 Å². The van der Waals surface area contributed by atoms with Gasteiger partial charge in [0.2, 0.25) is 0 Å². The van der Waals surface area contributed by atoms with E-state index in [4.69, 9.17) is 10.5 Å². The fourth-order valence-corrected chi connectivity index (χ4v) is 3.38. The molecule has 1 aromatic carbocycles. The molecule has 1 aliphatic rings. The van der Waals surface area contributed by atoms with Crippen molar-refractivity contribution in [2.24, 2.45) is 11.7 Å². The average molecular weight is 290 g/mol. The molecule has 0 aliphatic heterocycles. The van der Waals surface area contributed by atoms with Gasteiger partial charge in [-0.1, -0.05) is 6.42 Å². The Morgan fingerprint density at radius 2 is 2.19 bits per heavy atom. The minimum atomic E-state index is 0.0854. The van der Waals surface area contributed by atoms with Gasteiger partial charge in [-0.15, -0.1) is 0 Å². The molecule has 0 saturated heterocycles. The zero-order valence-electron chi connectivity index (χ0n) is 13.3. The van der Waals surface area contributed by atoms with Crippen LogP contribution in [-0.4, -0.2) is 37.4 Å². The summed E-state index contributed by atoms with van der Waals surface area (Å²) in [6, 6.07) is 6.18. The number of methoxy groups -OCH3 is 1. The van der Waals surface area contributed by atoms with Gasteiger partial charge >= 0.3 is 0 Å². The quantitative estimate of drug-likeness (QED) is 0.818. The zero-order valence-corrected chi connectivity index (χ0v) is 13.3. The van der Waals surface area contributed by atoms with Crippen molar-refractivity contribution < 1.29 is 9.53 Å². The Balaban J connectivity index is 2.17. The first-order chi connectivity index (χ1) is 10.1. The Labute approximate surface area is 127 Å². The van der Waals surface area contributed by atoms with Gasteiger partial charge in [0.1, 0.15) is 5.75 Å². The van der Waals surface area contributed by atoms with Crippen molar-refractivity contribution in [3.8, 4) is 5.75 Å². The number of carbonyl (C=O) groups is 1. The van der Waals surface area contributed by atoms with Crippen molar-refractivity contribution >= 4 is 5.78 Å². The van der Waals surface area contributed by atoms with E-state index >= 15 is 0 Å². The summed E-state index contributed by atoms with van der Waals surface area (Å²) in [6.07, 6.45) is 3.67. The highest BCUT2D eigenvalue weighted by molar-refractivity contribution is 5.94. The van der Waals surface area contributed by atoms with E-state index in [0.717, 1.165) is 30.0 Å². The lowest BCUT2D eigenvalue weighted by atomic mass is 10.0. The number of nitrogens with zero attached hydrogens (tertiary/aromatic N) is 1. The minimum absolute atomic E-state index is 0.0854. The maximum absolute atomic E-state index is 11.6. The number of ketones is 1. The zero-order chi connectivity index (χ0) is 15.4. The summed E-state index contributed by atoms with van der Waals surface area (Å²) in [6.45, 7) is 3.13. The van der Waals surface area contributed by atoms with Crippen molar-refractivity contribution in [1.29, 1.82) is 0 Å². The molecule has 0 aromatic heterocycles. The molecule has 116 valence electrons. The molecule has 1 aliphatic carbocycles. The molecule has 0 radical (unpaired) electrons. The number of hydrogen-bond donors (Lipinski definition) is 1. The maximum atomic E-state index is 11.6. The molecule has 2 atom stereocenters. The average Bonchev–Trinajstić information content (AvgIpc) is 2.95. The van der Waals surface area contributed by atoms with Gasteiger partial charge in [0.25, 0.3) is 0 Å². The Kier molecular flexibility index (Phi) is 5.37. The van der Waals surface area contributed by atoms with Crippen molar-refractivity contribution in [3.05, 3.63) is 29.3 Å². The van der Waals surface area contributed by atoms with E-state index < -0.39 is 0 Å². The third kappa shape index (κ3) is 3.63. The molecule has 2 N–H and O–H groups in total. The standard InChI is InChI=1S/C17H26N2O2/c1-12(20)13-7-8-17(21-3)15(9-13)11-19(2)16-6-4-5-14(16)10-18/h7-9,14,16H,4-6,10-11,18H2,1-3H3. The van der Waals surface area contributed by atoms with E-state index in [-0.39, 0.29) is 5.78 Å². The number of ether oxygens (including phenoxy) is 1. The molecule has 1 aromatic rings. The first-order valence-corrected chi connectivity index (χ1v) is 7.65. The third-order valence-electron chi connectivity index (χ3n) is 4.59. The highest BCUT2D eigenvalue weighted by Gasteiger charge is 2.29. The molecule has 2 unspecified atom stereocenters. The molecular formula is C17H26N2O2.